The van der Waals surface area contributed by atoms with Crippen molar-refractivity contribution >= 4 is 27.3 Å². The largest absolute Gasteiger partial charge is 0.372 e. The first-order valence-electron chi connectivity index (χ1n) is 7.95. The number of nitriles is 1. The number of nitrogens with zero attached hydrogens (tertiary/aromatic N) is 2. The molecular formula is C17H20ClN3O3S. The molecule has 0 aromatic heterocycles. The van der Waals surface area contributed by atoms with Crippen LogP contribution in [0, 0.1) is 11.3 Å². The van der Waals surface area contributed by atoms with Crippen molar-refractivity contribution in [1.29, 1.82) is 5.26 Å². The summed E-state index contributed by atoms with van der Waals surface area (Å²) in [5.74, 6) is -0.286. The molecule has 8 heteroatoms. The van der Waals surface area contributed by atoms with Gasteiger partial charge in [-0.3, -0.25) is 4.79 Å². The van der Waals surface area contributed by atoms with Gasteiger partial charge in [0.05, 0.1) is 11.5 Å². The summed E-state index contributed by atoms with van der Waals surface area (Å²) in [7, 11) is -3.03. The van der Waals surface area contributed by atoms with Crippen LogP contribution in [0.3, 0.4) is 0 Å². The maximum Gasteiger partial charge on any atom is 0.263 e. The Hall–Kier alpha value is -2.04. The fourth-order valence-electron chi connectivity index (χ4n) is 2.68. The molecule has 1 aromatic carbocycles. The highest BCUT2D eigenvalue weighted by Gasteiger charge is 2.31. The van der Waals surface area contributed by atoms with E-state index in [1.807, 2.05) is 13.0 Å². The number of halogens is 1. The van der Waals surface area contributed by atoms with Crippen molar-refractivity contribution < 1.29 is 13.2 Å². The van der Waals surface area contributed by atoms with Crippen LogP contribution in [0.25, 0.3) is 0 Å². The molecule has 0 bridgehead atoms. The quantitative estimate of drug-likeness (QED) is 0.600. The van der Waals surface area contributed by atoms with Crippen molar-refractivity contribution in [1.82, 2.24) is 10.2 Å². The maximum absolute atomic E-state index is 12.2. The van der Waals surface area contributed by atoms with Crippen molar-refractivity contribution in [2.75, 3.05) is 18.1 Å². The first-order valence-corrected chi connectivity index (χ1v) is 10.2. The minimum atomic E-state index is -3.03. The maximum atomic E-state index is 12.2. The third-order valence-corrected chi connectivity index (χ3v) is 6.07. The average Bonchev–Trinajstić information content (AvgIpc) is 2.95. The van der Waals surface area contributed by atoms with Gasteiger partial charge in [0.15, 0.2) is 9.84 Å². The number of rotatable bonds is 6. The van der Waals surface area contributed by atoms with Crippen LogP contribution in [0.15, 0.2) is 36.0 Å². The van der Waals surface area contributed by atoms with Crippen LogP contribution in [0.5, 0.6) is 0 Å². The summed E-state index contributed by atoms with van der Waals surface area (Å²) in [6, 6.07) is 8.74. The summed E-state index contributed by atoms with van der Waals surface area (Å²) >= 11 is 5.81. The minimum Gasteiger partial charge on any atom is -0.372 e. The van der Waals surface area contributed by atoms with Crippen LogP contribution in [0.4, 0.5) is 0 Å². The van der Waals surface area contributed by atoms with Gasteiger partial charge in [-0.25, -0.2) is 8.42 Å². The molecule has 1 heterocycles. The molecule has 1 aliphatic rings. The number of hydrogen-bond acceptors (Lipinski definition) is 5. The van der Waals surface area contributed by atoms with Crippen LogP contribution in [-0.2, 0) is 21.2 Å². The zero-order valence-corrected chi connectivity index (χ0v) is 15.5. The molecule has 1 atom stereocenters. The fraction of sp³-hybridized carbons (Fsp3) is 0.412. The Kier molecular flexibility index (Phi) is 6.45. The van der Waals surface area contributed by atoms with Gasteiger partial charge in [0, 0.05) is 30.4 Å². The van der Waals surface area contributed by atoms with E-state index >= 15 is 0 Å². The first kappa shape index (κ1) is 19.3. The zero-order chi connectivity index (χ0) is 18.4. The molecule has 0 spiro atoms. The van der Waals surface area contributed by atoms with Crippen molar-refractivity contribution in [3.8, 4) is 6.07 Å². The predicted octanol–water partition coefficient (Wildman–Crippen LogP) is 1.87. The Morgan fingerprint density at radius 3 is 2.64 bits per heavy atom. The van der Waals surface area contributed by atoms with Gasteiger partial charge >= 0.3 is 0 Å². The van der Waals surface area contributed by atoms with E-state index < -0.39 is 15.7 Å². The Morgan fingerprint density at radius 1 is 1.44 bits per heavy atom. The van der Waals surface area contributed by atoms with Crippen molar-refractivity contribution in [2.24, 2.45) is 0 Å². The second-order valence-corrected chi connectivity index (χ2v) is 8.52. The van der Waals surface area contributed by atoms with Gasteiger partial charge in [0.25, 0.3) is 5.91 Å². The van der Waals surface area contributed by atoms with Gasteiger partial charge < -0.3 is 10.2 Å². The fourth-order valence-corrected chi connectivity index (χ4v) is 4.54. The van der Waals surface area contributed by atoms with E-state index in [-0.39, 0.29) is 29.7 Å². The molecule has 25 heavy (non-hydrogen) atoms. The standard InChI is InChI=1S/C17H20ClN3O3S/c1-2-21(16-7-8-25(23,24)12-16)11-14(9-19)17(22)20-10-13-3-5-15(18)6-4-13/h3-6,11,16H,2,7-8,10,12H2,1H3,(H,20,22)/b14-11-. The van der Waals surface area contributed by atoms with E-state index in [1.165, 1.54) is 6.20 Å². The van der Waals surface area contributed by atoms with E-state index in [0.717, 1.165) is 5.56 Å². The first-order chi connectivity index (χ1) is 11.8. The molecule has 1 aromatic rings. The van der Waals surface area contributed by atoms with Crippen LogP contribution >= 0.6 is 11.6 Å². The number of carbonyl (C=O) groups excluding carboxylic acids is 1. The molecule has 1 amide bonds. The second-order valence-electron chi connectivity index (χ2n) is 5.85. The topological polar surface area (TPSA) is 90.3 Å². The number of carbonyl (C=O) groups is 1. The molecule has 134 valence electrons. The van der Waals surface area contributed by atoms with Gasteiger partial charge in [-0.2, -0.15) is 5.26 Å². The summed E-state index contributed by atoms with van der Waals surface area (Å²) in [6.45, 7) is 2.66. The van der Waals surface area contributed by atoms with E-state index in [1.54, 1.807) is 29.2 Å². The van der Waals surface area contributed by atoms with Crippen molar-refractivity contribution in [2.45, 2.75) is 25.9 Å². The third-order valence-electron chi connectivity index (χ3n) is 4.07. The summed E-state index contributed by atoms with van der Waals surface area (Å²) < 4.78 is 23.3. The highest BCUT2D eigenvalue weighted by atomic mass is 35.5. The summed E-state index contributed by atoms with van der Waals surface area (Å²) in [4.78, 5) is 14.0. The lowest BCUT2D eigenvalue weighted by Crippen LogP contribution is -2.33. The van der Waals surface area contributed by atoms with E-state index in [9.17, 15) is 18.5 Å². The smallest absolute Gasteiger partial charge is 0.263 e. The van der Waals surface area contributed by atoms with Crippen molar-refractivity contribution in [3.63, 3.8) is 0 Å². The van der Waals surface area contributed by atoms with Gasteiger partial charge in [-0.15, -0.1) is 0 Å². The average molecular weight is 382 g/mol. The molecule has 1 N–H and O–H groups in total. The lowest BCUT2D eigenvalue weighted by molar-refractivity contribution is -0.117. The molecule has 1 fully saturated rings. The van der Waals surface area contributed by atoms with Crippen LogP contribution < -0.4 is 5.32 Å². The van der Waals surface area contributed by atoms with Gasteiger partial charge in [0.2, 0.25) is 0 Å². The van der Waals surface area contributed by atoms with Gasteiger partial charge in [0.1, 0.15) is 11.6 Å². The Morgan fingerprint density at radius 2 is 2.12 bits per heavy atom. The monoisotopic (exact) mass is 381 g/mol. The van der Waals surface area contributed by atoms with Crippen LogP contribution in [0.2, 0.25) is 5.02 Å². The number of hydrogen-bond donors (Lipinski definition) is 1. The van der Waals surface area contributed by atoms with Crippen molar-refractivity contribution in [3.05, 3.63) is 46.6 Å². The minimum absolute atomic E-state index is 0.0416. The van der Waals surface area contributed by atoms with Gasteiger partial charge in [-0.1, -0.05) is 23.7 Å². The summed E-state index contributed by atoms with van der Waals surface area (Å²) in [5.41, 5.74) is 0.824. The van der Waals surface area contributed by atoms with Crippen LogP contribution in [0.1, 0.15) is 18.9 Å². The number of nitrogens with one attached hydrogen (secondary N) is 1. The Labute approximate surface area is 153 Å². The summed E-state index contributed by atoms with van der Waals surface area (Å²) in [5, 5.41) is 12.6. The molecule has 1 saturated heterocycles. The normalized spacial score (nSPS) is 19.2. The van der Waals surface area contributed by atoms with Crippen LogP contribution in [-0.4, -0.2) is 43.3 Å². The predicted molar refractivity (Wildman–Crippen MR) is 96.4 cm³/mol. The second kappa shape index (κ2) is 8.37. The lowest BCUT2D eigenvalue weighted by Gasteiger charge is -2.25. The highest BCUT2D eigenvalue weighted by Crippen LogP contribution is 2.18. The SMILES string of the molecule is CCN(/C=C(/C#N)C(=O)NCc1ccc(Cl)cc1)C1CCS(=O)(=O)C1. The number of amides is 1. The van der Waals surface area contributed by atoms with Gasteiger partial charge in [-0.05, 0) is 31.0 Å². The summed E-state index contributed by atoms with van der Waals surface area (Å²) in [6.07, 6.45) is 1.97. The third kappa shape index (κ3) is 5.48. The Balaban J connectivity index is 2.03. The molecule has 2 rings (SSSR count). The molecular weight excluding hydrogens is 362 g/mol. The number of benzene rings is 1. The Bertz CT molecular complexity index is 797. The van der Waals surface area contributed by atoms with E-state index in [4.69, 9.17) is 11.6 Å². The van der Waals surface area contributed by atoms with E-state index in [0.29, 0.717) is 18.0 Å². The molecule has 1 aliphatic heterocycles. The molecule has 0 saturated carbocycles. The molecule has 0 aliphatic carbocycles. The highest BCUT2D eigenvalue weighted by molar-refractivity contribution is 7.91. The molecule has 6 nitrogen and oxygen atoms in total. The number of sulfone groups is 1. The lowest BCUT2D eigenvalue weighted by atomic mass is 10.2. The molecule has 0 radical (unpaired) electrons. The van der Waals surface area contributed by atoms with E-state index in [2.05, 4.69) is 5.32 Å². The zero-order valence-electron chi connectivity index (χ0n) is 13.9. The molecule has 1 unspecified atom stereocenters.